The number of rotatable bonds is 13. The normalized spacial score (nSPS) is 21.4. The summed E-state index contributed by atoms with van der Waals surface area (Å²) in [5, 5.41) is 23.5. The molecule has 12 heteroatoms. The summed E-state index contributed by atoms with van der Waals surface area (Å²) in [6, 6.07) is -0.0360. The molecule has 1 saturated heterocycles. The second-order valence-electron chi connectivity index (χ2n) is 10.8. The van der Waals surface area contributed by atoms with Crippen LogP contribution < -0.4 is 20.9 Å². The van der Waals surface area contributed by atoms with Crippen LogP contribution in [0.15, 0.2) is 12.3 Å². The lowest BCUT2D eigenvalue weighted by Crippen LogP contribution is -2.60. The van der Waals surface area contributed by atoms with Gasteiger partial charge in [-0.25, -0.2) is 15.7 Å². The highest BCUT2D eigenvalue weighted by Crippen LogP contribution is 2.30. The molecule has 12 nitrogen and oxygen atoms in total. The highest BCUT2D eigenvalue weighted by molar-refractivity contribution is 5.90. The molecule has 5 N–H and O–H groups in total. The molecule has 0 bridgehead atoms. The van der Waals surface area contributed by atoms with E-state index in [4.69, 9.17) is 5.21 Å². The Balaban J connectivity index is 1.85. The van der Waals surface area contributed by atoms with Crippen LogP contribution in [0, 0.1) is 11.8 Å². The number of amides is 3. The van der Waals surface area contributed by atoms with Gasteiger partial charge in [0.1, 0.15) is 11.7 Å². The molecule has 2 aliphatic rings. The summed E-state index contributed by atoms with van der Waals surface area (Å²) in [5.41, 5.74) is 5.44. The van der Waals surface area contributed by atoms with Crippen LogP contribution >= 0.6 is 0 Å². The summed E-state index contributed by atoms with van der Waals surface area (Å²) in [5.74, 6) is -2.84. The number of carbonyl (C=O) groups is 4. The zero-order chi connectivity index (χ0) is 28.5. The van der Waals surface area contributed by atoms with Gasteiger partial charge in [-0.3, -0.25) is 24.6 Å². The molecule has 3 amide bonds. The summed E-state index contributed by atoms with van der Waals surface area (Å²) in [6.45, 7) is 7.34. The average Bonchev–Trinajstić information content (AvgIpc) is 3.38. The van der Waals surface area contributed by atoms with E-state index in [9.17, 15) is 24.3 Å². The van der Waals surface area contributed by atoms with Crippen LogP contribution in [-0.2, 0) is 25.7 Å². The fourth-order valence-corrected chi connectivity index (χ4v) is 5.67. The number of hydroxylamine groups is 1. The lowest BCUT2D eigenvalue weighted by Gasteiger charge is -2.38. The topological polar surface area (TPSA) is 157 Å². The van der Waals surface area contributed by atoms with Crippen LogP contribution in [-0.4, -0.2) is 56.3 Å². The van der Waals surface area contributed by atoms with Crippen molar-refractivity contribution < 1.29 is 34.2 Å². The molecule has 0 radical (unpaired) electrons. The van der Waals surface area contributed by atoms with Gasteiger partial charge in [-0.05, 0) is 31.6 Å². The van der Waals surface area contributed by atoms with Crippen LogP contribution in [0.4, 0.5) is 0 Å². The van der Waals surface area contributed by atoms with Crippen LogP contribution in [0.1, 0.15) is 103 Å². The van der Waals surface area contributed by atoms with E-state index >= 15 is 0 Å². The van der Waals surface area contributed by atoms with Crippen LogP contribution in [0.25, 0.3) is 0 Å². The van der Waals surface area contributed by atoms with Crippen molar-refractivity contribution in [2.45, 2.75) is 110 Å². The summed E-state index contributed by atoms with van der Waals surface area (Å²) >= 11 is 0. The van der Waals surface area contributed by atoms with Crippen LogP contribution in [0.5, 0.6) is 0 Å². The van der Waals surface area contributed by atoms with Gasteiger partial charge in [-0.1, -0.05) is 46.5 Å². The molecule has 3 heterocycles. The molecule has 0 spiro atoms. The number of carbonyl (C=O) groups excluding carboxylic acids is 3. The lowest BCUT2D eigenvalue weighted by atomic mass is 9.93. The number of hydrazine groups is 1. The molecule has 39 heavy (non-hydrogen) atoms. The van der Waals surface area contributed by atoms with Crippen molar-refractivity contribution in [3.8, 4) is 0 Å². The first kappa shape index (κ1) is 30.6. The Bertz CT molecular complexity index is 1010. The number of nitrogens with one attached hydrogen (secondary N) is 3. The Morgan fingerprint density at radius 3 is 2.56 bits per heavy atom. The Hall–Kier alpha value is -2.99. The fourth-order valence-electron chi connectivity index (χ4n) is 5.67. The van der Waals surface area contributed by atoms with Crippen molar-refractivity contribution in [2.24, 2.45) is 11.8 Å². The van der Waals surface area contributed by atoms with Crippen molar-refractivity contribution in [1.82, 2.24) is 25.9 Å². The third-order valence-corrected chi connectivity index (χ3v) is 8.08. The lowest BCUT2D eigenvalue weighted by molar-refractivity contribution is -0.784. The van der Waals surface area contributed by atoms with Crippen molar-refractivity contribution in [3.05, 3.63) is 18.0 Å². The standard InChI is InChI=1S/C27H44N6O6/c1-4-6-7-10-19(17-23(34)30-39)26(36)32-21(11-8-14-28-32)25(35)29-24(18(3)5-2)20-13-16-31-15-9-12-22(27(37)38)33(20)31/h13,16,18-19,21-22,24,28H,4-12,14-15,17H2,1-3H3,(H3-,29,30,34,35,37,38,39)/p+1/t18-,19+,21-,22?,24-/m0/s1. The smallest absolute Gasteiger partial charge is 0.332 e. The second kappa shape index (κ2) is 14.4. The number of carboxylic acid groups (broad SMARTS) is 1. The van der Waals surface area contributed by atoms with E-state index in [0.717, 1.165) is 37.8 Å². The number of fused-ring (bicyclic) bond motifs is 1. The molecule has 0 saturated carbocycles. The van der Waals surface area contributed by atoms with Gasteiger partial charge in [0, 0.05) is 31.4 Å². The minimum Gasteiger partial charge on any atom is -0.480 e. The first-order chi connectivity index (χ1) is 18.7. The first-order valence-electron chi connectivity index (χ1n) is 14.4. The first-order valence-corrected chi connectivity index (χ1v) is 14.4. The predicted octanol–water partition coefficient (Wildman–Crippen LogP) is 1.99. The SMILES string of the molecule is CCCCC[C@H](CC(=O)NO)C(=O)N1NCCC[C@H]1C(=O)N[C@H](c1cc[n+]2n1C(C(=O)O)CCC2)[C@@H](C)CC. The third-order valence-electron chi connectivity index (χ3n) is 8.08. The quantitative estimate of drug-likeness (QED) is 0.109. The maximum Gasteiger partial charge on any atom is 0.332 e. The number of aliphatic carboxylic acids is 1. The predicted molar refractivity (Wildman–Crippen MR) is 141 cm³/mol. The zero-order valence-corrected chi connectivity index (χ0v) is 23.4. The Labute approximate surface area is 230 Å². The van der Waals surface area contributed by atoms with Gasteiger partial charge in [0.05, 0.1) is 6.04 Å². The van der Waals surface area contributed by atoms with E-state index in [0.29, 0.717) is 38.8 Å². The van der Waals surface area contributed by atoms with E-state index in [-0.39, 0.29) is 24.2 Å². The van der Waals surface area contributed by atoms with E-state index < -0.39 is 35.9 Å². The number of aryl methyl sites for hydroxylation is 1. The van der Waals surface area contributed by atoms with Crippen LogP contribution in [0.2, 0.25) is 0 Å². The molecule has 1 fully saturated rings. The summed E-state index contributed by atoms with van der Waals surface area (Å²) in [7, 11) is 0. The molecule has 218 valence electrons. The van der Waals surface area contributed by atoms with E-state index in [1.807, 2.05) is 30.8 Å². The number of unbranched alkanes of at least 4 members (excludes halogenated alkanes) is 2. The van der Waals surface area contributed by atoms with E-state index in [1.54, 1.807) is 10.2 Å². The number of aromatic nitrogens is 2. The van der Waals surface area contributed by atoms with Crippen molar-refractivity contribution in [1.29, 1.82) is 0 Å². The molecular formula is C27H45N6O6+. The van der Waals surface area contributed by atoms with Gasteiger partial charge in [-0.2, -0.15) is 0 Å². The summed E-state index contributed by atoms with van der Waals surface area (Å²) in [6.07, 6.45) is 8.03. The maximum atomic E-state index is 13.8. The van der Waals surface area contributed by atoms with Gasteiger partial charge < -0.3 is 10.4 Å². The Morgan fingerprint density at radius 2 is 1.90 bits per heavy atom. The Morgan fingerprint density at radius 1 is 1.15 bits per heavy atom. The van der Waals surface area contributed by atoms with Gasteiger partial charge in [0.2, 0.25) is 17.7 Å². The molecule has 0 aliphatic carbocycles. The van der Waals surface area contributed by atoms with Crippen molar-refractivity contribution >= 4 is 23.7 Å². The van der Waals surface area contributed by atoms with E-state index in [1.165, 1.54) is 5.01 Å². The van der Waals surface area contributed by atoms with Gasteiger partial charge >= 0.3 is 5.97 Å². The van der Waals surface area contributed by atoms with Crippen LogP contribution in [0.3, 0.4) is 0 Å². The minimum absolute atomic E-state index is 0.0145. The zero-order valence-electron chi connectivity index (χ0n) is 23.4. The number of nitrogens with zero attached hydrogens (tertiary/aromatic N) is 3. The molecular weight excluding hydrogens is 504 g/mol. The van der Waals surface area contributed by atoms with Gasteiger partial charge in [0.15, 0.2) is 18.8 Å². The third kappa shape index (κ3) is 7.36. The molecule has 3 rings (SSSR count). The molecule has 1 aromatic heterocycles. The van der Waals surface area contributed by atoms with Gasteiger partial charge in [-0.15, -0.1) is 9.36 Å². The molecule has 0 aromatic carbocycles. The summed E-state index contributed by atoms with van der Waals surface area (Å²) in [4.78, 5) is 51.4. The fraction of sp³-hybridized carbons (Fsp3) is 0.741. The van der Waals surface area contributed by atoms with Crippen molar-refractivity contribution in [3.63, 3.8) is 0 Å². The second-order valence-corrected chi connectivity index (χ2v) is 10.8. The molecule has 2 aliphatic heterocycles. The number of hydrogen-bond donors (Lipinski definition) is 5. The van der Waals surface area contributed by atoms with E-state index in [2.05, 4.69) is 17.7 Å². The highest BCUT2D eigenvalue weighted by atomic mass is 16.5. The molecule has 1 unspecified atom stereocenters. The monoisotopic (exact) mass is 549 g/mol. The average molecular weight is 550 g/mol. The largest absolute Gasteiger partial charge is 0.480 e. The van der Waals surface area contributed by atoms with Crippen molar-refractivity contribution in [2.75, 3.05) is 6.54 Å². The molecule has 1 aromatic rings. The Kier molecular flexibility index (Phi) is 11.3. The van der Waals surface area contributed by atoms with Gasteiger partial charge in [0.25, 0.3) is 0 Å². The minimum atomic E-state index is -0.899. The highest BCUT2D eigenvalue weighted by Gasteiger charge is 2.40. The maximum absolute atomic E-state index is 13.8. The number of hydrogen-bond acceptors (Lipinski definition) is 6. The summed E-state index contributed by atoms with van der Waals surface area (Å²) < 4.78 is 3.70. The molecule has 5 atom stereocenters. The number of carboxylic acids is 1.